The van der Waals surface area contributed by atoms with Crippen LogP contribution in [0.3, 0.4) is 0 Å². The van der Waals surface area contributed by atoms with Crippen LogP contribution in [0.15, 0.2) is 34.6 Å². The maximum absolute atomic E-state index is 5.05. The summed E-state index contributed by atoms with van der Waals surface area (Å²) in [6.45, 7) is 0. The summed E-state index contributed by atoms with van der Waals surface area (Å²) in [6.07, 6.45) is 0. The lowest BCUT2D eigenvalue weighted by Gasteiger charge is -2.03. The van der Waals surface area contributed by atoms with E-state index in [-0.39, 0.29) is 6.01 Å². The van der Waals surface area contributed by atoms with Gasteiger partial charge in [-0.05, 0) is 23.9 Å². The number of benzene rings is 1. The van der Waals surface area contributed by atoms with Gasteiger partial charge in [0.05, 0.1) is 18.1 Å². The molecule has 0 aliphatic heterocycles. The summed E-state index contributed by atoms with van der Waals surface area (Å²) >= 11 is 1.32. The molecule has 102 valence electrons. The van der Waals surface area contributed by atoms with Crippen LogP contribution in [-0.2, 0) is 0 Å². The van der Waals surface area contributed by atoms with Crippen molar-refractivity contribution in [2.75, 3.05) is 19.5 Å². The summed E-state index contributed by atoms with van der Waals surface area (Å²) < 4.78 is 5.05. The molecule has 0 unspecified atom stereocenters. The van der Waals surface area contributed by atoms with Crippen molar-refractivity contribution in [1.82, 2.24) is 24.9 Å². The fourth-order valence-corrected chi connectivity index (χ4v) is 2.38. The Kier molecular flexibility index (Phi) is 3.38. The maximum Gasteiger partial charge on any atom is 0.321 e. The minimum atomic E-state index is 0.267. The number of ether oxygens (including phenoxy) is 1. The molecule has 8 heteroatoms. The first-order valence-electron chi connectivity index (χ1n) is 5.89. The van der Waals surface area contributed by atoms with Crippen molar-refractivity contribution in [3.8, 4) is 6.01 Å². The Morgan fingerprint density at radius 2 is 2.00 bits per heavy atom. The summed E-state index contributed by atoms with van der Waals surface area (Å²) in [4.78, 5) is 20.2. The lowest BCUT2D eigenvalue weighted by molar-refractivity contribution is 0.374. The number of nitrogens with one attached hydrogen (secondary N) is 2. The Morgan fingerprint density at radius 1 is 1.15 bits per heavy atom. The number of hydrogen-bond acceptors (Lipinski definition) is 7. The lowest BCUT2D eigenvalue weighted by atomic mass is 10.3. The molecule has 2 aromatic heterocycles. The van der Waals surface area contributed by atoms with Gasteiger partial charge in [-0.1, -0.05) is 12.1 Å². The van der Waals surface area contributed by atoms with E-state index < -0.39 is 0 Å². The van der Waals surface area contributed by atoms with Gasteiger partial charge in [-0.25, -0.2) is 4.98 Å². The molecule has 0 saturated carbocycles. The van der Waals surface area contributed by atoms with Gasteiger partial charge in [0.1, 0.15) is 0 Å². The molecule has 7 nitrogen and oxygen atoms in total. The van der Waals surface area contributed by atoms with Crippen molar-refractivity contribution in [3.05, 3.63) is 24.3 Å². The molecule has 1 aromatic carbocycles. The van der Waals surface area contributed by atoms with Crippen LogP contribution in [0.2, 0.25) is 0 Å². The second-order valence-corrected chi connectivity index (χ2v) is 4.80. The molecule has 0 amide bonds. The van der Waals surface area contributed by atoms with E-state index in [9.17, 15) is 0 Å². The third kappa shape index (κ3) is 2.50. The maximum atomic E-state index is 5.05. The fraction of sp³-hybridized carbons (Fsp3) is 0.167. The molecular weight excluding hydrogens is 276 g/mol. The fourth-order valence-electron chi connectivity index (χ4n) is 1.65. The second kappa shape index (κ2) is 5.33. The van der Waals surface area contributed by atoms with Crippen LogP contribution >= 0.6 is 11.8 Å². The van der Waals surface area contributed by atoms with Gasteiger partial charge in [-0.2, -0.15) is 15.0 Å². The van der Waals surface area contributed by atoms with Crippen molar-refractivity contribution in [2.24, 2.45) is 0 Å². The van der Waals surface area contributed by atoms with Gasteiger partial charge in [-0.3, -0.25) is 0 Å². The van der Waals surface area contributed by atoms with Crippen molar-refractivity contribution in [1.29, 1.82) is 0 Å². The highest BCUT2D eigenvalue weighted by Gasteiger charge is 2.10. The second-order valence-electron chi connectivity index (χ2n) is 3.84. The highest BCUT2D eigenvalue weighted by atomic mass is 32.2. The first-order valence-corrected chi connectivity index (χ1v) is 6.70. The van der Waals surface area contributed by atoms with Gasteiger partial charge in [0.15, 0.2) is 5.16 Å². The van der Waals surface area contributed by atoms with Crippen LogP contribution in [0.4, 0.5) is 5.95 Å². The molecule has 0 fully saturated rings. The van der Waals surface area contributed by atoms with Gasteiger partial charge in [0.2, 0.25) is 11.1 Å². The summed E-state index contributed by atoms with van der Waals surface area (Å²) in [5.41, 5.74) is 1.88. The molecule has 0 radical (unpaired) electrons. The van der Waals surface area contributed by atoms with Crippen LogP contribution in [0.25, 0.3) is 11.0 Å². The van der Waals surface area contributed by atoms with Crippen LogP contribution in [-0.4, -0.2) is 39.1 Å². The Labute approximate surface area is 119 Å². The zero-order valence-electron chi connectivity index (χ0n) is 10.9. The Bertz CT molecular complexity index is 688. The van der Waals surface area contributed by atoms with Gasteiger partial charge < -0.3 is 15.0 Å². The highest BCUT2D eigenvalue weighted by molar-refractivity contribution is 7.99. The topological polar surface area (TPSA) is 88.6 Å². The van der Waals surface area contributed by atoms with Crippen LogP contribution in [0.5, 0.6) is 6.01 Å². The predicted octanol–water partition coefficient (Wildman–Crippen LogP) is 1.95. The molecule has 0 aliphatic carbocycles. The zero-order chi connectivity index (χ0) is 13.9. The van der Waals surface area contributed by atoms with E-state index in [2.05, 4.69) is 30.2 Å². The average molecular weight is 288 g/mol. The normalized spacial score (nSPS) is 10.7. The van der Waals surface area contributed by atoms with E-state index >= 15 is 0 Å². The average Bonchev–Trinajstić information content (AvgIpc) is 2.88. The summed E-state index contributed by atoms with van der Waals surface area (Å²) in [5.74, 6) is 0.454. The largest absolute Gasteiger partial charge is 0.467 e. The predicted molar refractivity (Wildman–Crippen MR) is 76.1 cm³/mol. The van der Waals surface area contributed by atoms with Crippen LogP contribution < -0.4 is 10.1 Å². The van der Waals surface area contributed by atoms with Gasteiger partial charge in [-0.15, -0.1) is 0 Å². The van der Waals surface area contributed by atoms with E-state index in [4.69, 9.17) is 4.74 Å². The monoisotopic (exact) mass is 288 g/mol. The first kappa shape index (κ1) is 12.7. The van der Waals surface area contributed by atoms with Gasteiger partial charge in [0.25, 0.3) is 0 Å². The summed E-state index contributed by atoms with van der Waals surface area (Å²) in [6, 6.07) is 8.09. The van der Waals surface area contributed by atoms with E-state index in [1.165, 1.54) is 18.9 Å². The number of para-hydroxylation sites is 2. The molecule has 2 heterocycles. The standard InChI is InChI=1S/C12H12N6OS/c1-13-9-16-10(19-2)18-12(17-9)20-11-14-7-5-3-4-6-8(7)15-11/h3-6H,1-2H3,(H,14,15)(H,13,16,17,18). The third-order valence-corrected chi connectivity index (χ3v) is 3.31. The molecule has 3 aromatic rings. The van der Waals surface area contributed by atoms with E-state index in [1.54, 1.807) is 7.05 Å². The number of fused-ring (bicyclic) bond motifs is 1. The van der Waals surface area contributed by atoms with Gasteiger partial charge in [0, 0.05) is 7.05 Å². The van der Waals surface area contributed by atoms with Crippen molar-refractivity contribution < 1.29 is 4.74 Å². The Morgan fingerprint density at radius 3 is 2.75 bits per heavy atom. The highest BCUT2D eigenvalue weighted by Crippen LogP contribution is 2.25. The lowest BCUT2D eigenvalue weighted by Crippen LogP contribution is -2.02. The number of nitrogens with zero attached hydrogens (tertiary/aromatic N) is 4. The van der Waals surface area contributed by atoms with E-state index in [0.29, 0.717) is 11.1 Å². The van der Waals surface area contributed by atoms with Crippen LogP contribution in [0, 0.1) is 0 Å². The number of anilines is 1. The molecule has 0 aliphatic rings. The third-order valence-electron chi connectivity index (χ3n) is 2.56. The van der Waals surface area contributed by atoms with Crippen LogP contribution in [0.1, 0.15) is 0 Å². The number of hydrogen-bond donors (Lipinski definition) is 2. The molecule has 20 heavy (non-hydrogen) atoms. The first-order chi connectivity index (χ1) is 9.78. The molecular formula is C12H12N6OS. The number of aromatic amines is 1. The minimum absolute atomic E-state index is 0.267. The van der Waals surface area contributed by atoms with Crippen molar-refractivity contribution in [3.63, 3.8) is 0 Å². The number of methoxy groups -OCH3 is 1. The van der Waals surface area contributed by atoms with Gasteiger partial charge >= 0.3 is 6.01 Å². The van der Waals surface area contributed by atoms with Crippen molar-refractivity contribution >= 4 is 28.7 Å². The number of H-pyrrole nitrogens is 1. The number of aromatic nitrogens is 5. The number of rotatable bonds is 4. The minimum Gasteiger partial charge on any atom is -0.467 e. The van der Waals surface area contributed by atoms with Crippen molar-refractivity contribution in [2.45, 2.75) is 10.3 Å². The molecule has 0 spiro atoms. The Hall–Kier alpha value is -2.35. The summed E-state index contributed by atoms with van der Waals surface area (Å²) in [5, 5.41) is 4.11. The quantitative estimate of drug-likeness (QED) is 0.758. The van der Waals surface area contributed by atoms with E-state index in [1.807, 2.05) is 24.3 Å². The van der Waals surface area contributed by atoms with E-state index in [0.717, 1.165) is 16.2 Å². The molecule has 3 rings (SSSR count). The zero-order valence-corrected chi connectivity index (χ0v) is 11.7. The summed E-state index contributed by atoms with van der Waals surface area (Å²) in [7, 11) is 3.26. The number of imidazole rings is 1. The SMILES string of the molecule is CNc1nc(OC)nc(Sc2nc3ccccc3[nH]2)n1. The molecule has 0 saturated heterocycles. The molecule has 0 atom stereocenters. The Balaban J connectivity index is 1.93. The molecule has 2 N–H and O–H groups in total. The molecule has 0 bridgehead atoms. The smallest absolute Gasteiger partial charge is 0.321 e.